The molecular weight excluding hydrogens is 510 g/mol. The number of hydrogen-bond acceptors (Lipinski definition) is 3. The van der Waals surface area contributed by atoms with E-state index in [1.165, 1.54) is 13.8 Å². The Bertz CT molecular complexity index is 1100. The summed E-state index contributed by atoms with van der Waals surface area (Å²) in [5, 5.41) is 11.4. The number of amides is 1. The molecule has 0 fully saturated rings. The summed E-state index contributed by atoms with van der Waals surface area (Å²) in [6.45, 7) is 3.23. The lowest BCUT2D eigenvalue weighted by Crippen LogP contribution is -2.26. The minimum Gasteiger partial charge on any atom is -0.306 e. The molecule has 3 aromatic rings. The molecule has 160 valence electrons. The van der Waals surface area contributed by atoms with Crippen molar-refractivity contribution in [2.75, 3.05) is 5.32 Å². The molecule has 0 bridgehead atoms. The van der Waals surface area contributed by atoms with Crippen LogP contribution in [0.5, 0.6) is 0 Å². The van der Waals surface area contributed by atoms with E-state index in [1.807, 2.05) is 0 Å². The quantitative estimate of drug-likeness (QED) is 0.464. The van der Waals surface area contributed by atoms with Gasteiger partial charge in [0.2, 0.25) is 5.91 Å². The zero-order chi connectivity index (χ0) is 22.2. The van der Waals surface area contributed by atoms with E-state index < -0.39 is 23.8 Å². The van der Waals surface area contributed by atoms with Crippen molar-refractivity contribution in [1.82, 2.24) is 19.6 Å². The number of alkyl halides is 3. The molecule has 1 N–H and O–H groups in total. The van der Waals surface area contributed by atoms with Crippen LogP contribution < -0.4 is 5.32 Å². The third-order valence-corrected chi connectivity index (χ3v) is 5.43. The lowest BCUT2D eigenvalue weighted by Gasteiger charge is -2.13. The molecule has 1 atom stereocenters. The molecule has 3 rings (SSSR count). The molecule has 0 aliphatic rings. The molecule has 0 saturated heterocycles. The molecule has 2 aromatic heterocycles. The standard InChI is InChI=1S/C18H15BrCl2F3N5O/c1-9-5-15(18(22,23)24)26-29(9)10(2)17(30)25-16-13(19)8-28(27-16)7-11-3-4-12(20)6-14(11)21/h3-6,8,10H,7H2,1-2H3,(H,25,27,30). The van der Waals surface area contributed by atoms with Crippen LogP contribution >= 0.6 is 39.1 Å². The van der Waals surface area contributed by atoms with Gasteiger partial charge in [-0.05, 0) is 53.5 Å². The van der Waals surface area contributed by atoms with Crippen molar-refractivity contribution in [1.29, 1.82) is 0 Å². The van der Waals surface area contributed by atoms with Gasteiger partial charge in [0.25, 0.3) is 0 Å². The van der Waals surface area contributed by atoms with E-state index in [0.717, 1.165) is 16.3 Å². The van der Waals surface area contributed by atoms with Crippen LogP contribution in [0.25, 0.3) is 0 Å². The number of carbonyl (C=O) groups is 1. The lowest BCUT2D eigenvalue weighted by molar-refractivity contribution is -0.141. The smallest absolute Gasteiger partial charge is 0.306 e. The minimum absolute atomic E-state index is 0.215. The number of nitrogens with one attached hydrogen (secondary N) is 1. The Morgan fingerprint density at radius 3 is 2.57 bits per heavy atom. The second-order valence-corrected chi connectivity index (χ2v) is 8.24. The van der Waals surface area contributed by atoms with Gasteiger partial charge in [0.1, 0.15) is 6.04 Å². The minimum atomic E-state index is -4.59. The summed E-state index contributed by atoms with van der Waals surface area (Å²) in [6.07, 6.45) is -2.94. The first-order chi connectivity index (χ1) is 14.0. The fourth-order valence-corrected chi connectivity index (χ4v) is 3.62. The van der Waals surface area contributed by atoms with Crippen molar-refractivity contribution in [3.8, 4) is 0 Å². The SMILES string of the molecule is Cc1cc(C(F)(F)F)nn1C(C)C(=O)Nc1nn(Cc2ccc(Cl)cc2Cl)cc1Br. The second kappa shape index (κ2) is 8.60. The summed E-state index contributed by atoms with van der Waals surface area (Å²) >= 11 is 15.4. The van der Waals surface area contributed by atoms with Gasteiger partial charge in [-0.15, -0.1) is 0 Å². The number of anilines is 1. The summed E-state index contributed by atoms with van der Waals surface area (Å²) in [7, 11) is 0. The molecular formula is C18H15BrCl2F3N5O. The van der Waals surface area contributed by atoms with Gasteiger partial charge in [-0.25, -0.2) is 0 Å². The lowest BCUT2D eigenvalue weighted by atomic mass is 10.2. The summed E-state index contributed by atoms with van der Waals surface area (Å²) in [5.74, 6) is -0.344. The molecule has 0 aliphatic heterocycles. The largest absolute Gasteiger partial charge is 0.435 e. The Morgan fingerprint density at radius 2 is 1.97 bits per heavy atom. The fraction of sp³-hybridized carbons (Fsp3) is 0.278. The van der Waals surface area contributed by atoms with Crippen LogP contribution in [0, 0.1) is 6.92 Å². The second-order valence-electron chi connectivity index (χ2n) is 6.54. The van der Waals surface area contributed by atoms with Gasteiger partial charge in [-0.2, -0.15) is 23.4 Å². The molecule has 6 nitrogen and oxygen atoms in total. The van der Waals surface area contributed by atoms with Crippen LogP contribution in [0.4, 0.5) is 19.0 Å². The first-order valence-corrected chi connectivity index (χ1v) is 10.1. The fourth-order valence-electron chi connectivity index (χ4n) is 2.74. The number of benzene rings is 1. The van der Waals surface area contributed by atoms with E-state index in [2.05, 4.69) is 31.4 Å². The monoisotopic (exact) mass is 523 g/mol. The molecule has 30 heavy (non-hydrogen) atoms. The van der Waals surface area contributed by atoms with Gasteiger partial charge < -0.3 is 5.32 Å². The Hall–Kier alpha value is -2.04. The van der Waals surface area contributed by atoms with Crippen molar-refractivity contribution in [2.24, 2.45) is 0 Å². The van der Waals surface area contributed by atoms with E-state index in [1.54, 1.807) is 29.1 Å². The molecule has 1 unspecified atom stereocenters. The number of nitrogens with zero attached hydrogens (tertiary/aromatic N) is 4. The summed E-state index contributed by atoms with van der Waals surface area (Å²) in [4.78, 5) is 12.6. The maximum atomic E-state index is 12.9. The van der Waals surface area contributed by atoms with Gasteiger partial charge in [-0.1, -0.05) is 29.3 Å². The number of aromatic nitrogens is 4. The maximum Gasteiger partial charge on any atom is 0.435 e. The van der Waals surface area contributed by atoms with Gasteiger partial charge in [0.05, 0.1) is 11.0 Å². The van der Waals surface area contributed by atoms with E-state index >= 15 is 0 Å². The van der Waals surface area contributed by atoms with Gasteiger partial charge in [0.15, 0.2) is 11.5 Å². The van der Waals surface area contributed by atoms with Crippen LogP contribution in [0.2, 0.25) is 10.0 Å². The van der Waals surface area contributed by atoms with Crippen LogP contribution in [-0.2, 0) is 17.5 Å². The van der Waals surface area contributed by atoms with Gasteiger partial charge in [-0.3, -0.25) is 14.2 Å². The average molecular weight is 525 g/mol. The molecule has 0 saturated carbocycles. The molecule has 1 aromatic carbocycles. The van der Waals surface area contributed by atoms with Crippen LogP contribution in [0.3, 0.4) is 0 Å². The first kappa shape index (κ1) is 22.6. The average Bonchev–Trinajstić information content (AvgIpc) is 3.19. The number of aryl methyl sites for hydroxylation is 1. The predicted molar refractivity (Wildman–Crippen MR) is 111 cm³/mol. The highest BCUT2D eigenvalue weighted by molar-refractivity contribution is 9.10. The van der Waals surface area contributed by atoms with Crippen molar-refractivity contribution in [3.63, 3.8) is 0 Å². The highest BCUT2D eigenvalue weighted by Gasteiger charge is 2.35. The summed E-state index contributed by atoms with van der Waals surface area (Å²) in [5.41, 5.74) is -0.0638. The van der Waals surface area contributed by atoms with E-state index in [0.29, 0.717) is 21.1 Å². The zero-order valence-corrected chi connectivity index (χ0v) is 18.7. The van der Waals surface area contributed by atoms with Gasteiger partial charge in [0, 0.05) is 21.9 Å². The zero-order valence-electron chi connectivity index (χ0n) is 15.6. The Kier molecular flexibility index (Phi) is 6.49. The first-order valence-electron chi connectivity index (χ1n) is 8.57. The molecule has 0 radical (unpaired) electrons. The topological polar surface area (TPSA) is 64.7 Å². The van der Waals surface area contributed by atoms with E-state index in [9.17, 15) is 18.0 Å². The molecule has 0 aliphatic carbocycles. The number of carbonyl (C=O) groups excluding carboxylic acids is 1. The molecule has 2 heterocycles. The number of rotatable bonds is 5. The third kappa shape index (κ3) is 4.98. The predicted octanol–water partition coefficient (Wildman–Crippen LogP) is 5.72. The van der Waals surface area contributed by atoms with Crippen molar-refractivity contribution >= 4 is 50.9 Å². The summed E-state index contributed by atoms with van der Waals surface area (Å²) < 4.78 is 41.7. The Balaban J connectivity index is 1.75. The molecule has 0 spiro atoms. The Labute approximate surface area is 188 Å². The van der Waals surface area contributed by atoms with Crippen LogP contribution in [0.1, 0.15) is 29.9 Å². The Morgan fingerprint density at radius 1 is 1.27 bits per heavy atom. The third-order valence-electron chi connectivity index (χ3n) is 4.27. The highest BCUT2D eigenvalue weighted by Crippen LogP contribution is 2.30. The maximum absolute atomic E-state index is 12.9. The molecule has 1 amide bonds. The van der Waals surface area contributed by atoms with Crippen molar-refractivity contribution in [3.05, 3.63) is 61.9 Å². The molecule has 12 heteroatoms. The van der Waals surface area contributed by atoms with E-state index in [4.69, 9.17) is 23.2 Å². The van der Waals surface area contributed by atoms with Crippen molar-refractivity contribution < 1.29 is 18.0 Å². The van der Waals surface area contributed by atoms with Crippen LogP contribution in [0.15, 0.2) is 34.9 Å². The van der Waals surface area contributed by atoms with Crippen LogP contribution in [-0.4, -0.2) is 25.5 Å². The number of hydrogen-bond donors (Lipinski definition) is 1. The van der Waals surface area contributed by atoms with Crippen molar-refractivity contribution in [2.45, 2.75) is 32.6 Å². The summed E-state index contributed by atoms with van der Waals surface area (Å²) in [6, 6.07) is 4.99. The number of halogens is 6. The van der Waals surface area contributed by atoms with E-state index in [-0.39, 0.29) is 11.5 Å². The normalized spacial score (nSPS) is 12.8. The highest BCUT2D eigenvalue weighted by atomic mass is 79.9. The van der Waals surface area contributed by atoms with Gasteiger partial charge >= 0.3 is 6.18 Å².